The molecule has 0 aliphatic rings. The molecule has 0 spiro atoms. The van der Waals surface area contributed by atoms with Crippen LogP contribution in [0.25, 0.3) is 0 Å². The average molecular weight is 473 g/mol. The minimum absolute atomic E-state index is 0.113. The zero-order valence-corrected chi connectivity index (χ0v) is 16.6. The maximum Gasteiger partial charge on any atom is 0.417 e. The van der Waals surface area contributed by atoms with E-state index in [0.717, 1.165) is 22.2 Å². The van der Waals surface area contributed by atoms with Crippen LogP contribution in [0.5, 0.6) is 0 Å². The molecular weight excluding hydrogens is 459 g/mol. The van der Waals surface area contributed by atoms with Gasteiger partial charge in [-0.2, -0.15) is 18.4 Å². The number of hydrogen-bond acceptors (Lipinski definition) is 3. The smallest absolute Gasteiger partial charge is 0.389 e. The molecule has 0 saturated heterocycles. The van der Waals surface area contributed by atoms with Gasteiger partial charge >= 0.3 is 6.18 Å². The first-order valence-corrected chi connectivity index (χ1v) is 9.14. The highest BCUT2D eigenvalue weighted by Gasteiger charge is 2.33. The molecule has 0 bridgehead atoms. The second kappa shape index (κ2) is 9.62. The number of anilines is 1. The maximum absolute atomic E-state index is 12.9. The van der Waals surface area contributed by atoms with E-state index in [-0.39, 0.29) is 11.3 Å². The lowest BCUT2D eigenvalue weighted by Gasteiger charge is -2.11. The molecule has 0 saturated carbocycles. The molecule has 2 rings (SSSR count). The molecule has 146 valence electrons. The fourth-order valence-electron chi connectivity index (χ4n) is 2.21. The summed E-state index contributed by atoms with van der Waals surface area (Å²) in [4.78, 5) is 12.1. The van der Waals surface area contributed by atoms with Crippen LogP contribution in [-0.2, 0) is 17.4 Å². The van der Waals surface area contributed by atoms with Crippen LogP contribution in [0.1, 0.15) is 11.1 Å². The largest absolute Gasteiger partial charge is 0.417 e. The van der Waals surface area contributed by atoms with Gasteiger partial charge in [-0.15, -0.1) is 0 Å². The summed E-state index contributed by atoms with van der Waals surface area (Å²) in [5.74, 6) is -0.825. The van der Waals surface area contributed by atoms with Crippen molar-refractivity contribution in [2.75, 3.05) is 11.9 Å². The van der Waals surface area contributed by atoms with E-state index < -0.39 is 22.7 Å². The molecule has 2 N–H and O–H groups in total. The molecule has 2 aromatic rings. The summed E-state index contributed by atoms with van der Waals surface area (Å²) < 4.78 is 39.6. The molecule has 0 heterocycles. The van der Waals surface area contributed by atoms with Crippen LogP contribution >= 0.6 is 27.5 Å². The number of nitriles is 1. The first kappa shape index (κ1) is 21.8. The Morgan fingerprint density at radius 2 is 1.89 bits per heavy atom. The first-order valence-electron chi connectivity index (χ1n) is 7.97. The van der Waals surface area contributed by atoms with Crippen molar-refractivity contribution in [3.05, 3.63) is 74.9 Å². The van der Waals surface area contributed by atoms with Gasteiger partial charge < -0.3 is 10.6 Å². The predicted octanol–water partition coefficient (Wildman–Crippen LogP) is 5.30. The minimum Gasteiger partial charge on any atom is -0.389 e. The Kier molecular flexibility index (Phi) is 7.49. The summed E-state index contributed by atoms with van der Waals surface area (Å²) >= 11 is 8.88. The van der Waals surface area contributed by atoms with Gasteiger partial charge in [0, 0.05) is 22.9 Å². The molecule has 0 aliphatic carbocycles. The van der Waals surface area contributed by atoms with E-state index in [4.69, 9.17) is 16.9 Å². The Balaban J connectivity index is 1.98. The van der Waals surface area contributed by atoms with E-state index in [1.165, 1.54) is 12.3 Å². The van der Waals surface area contributed by atoms with Crippen molar-refractivity contribution in [3.63, 3.8) is 0 Å². The topological polar surface area (TPSA) is 64.9 Å². The predicted molar refractivity (Wildman–Crippen MR) is 105 cm³/mol. The van der Waals surface area contributed by atoms with E-state index in [1.807, 2.05) is 24.3 Å². The number of rotatable bonds is 6. The van der Waals surface area contributed by atoms with Crippen LogP contribution < -0.4 is 10.6 Å². The van der Waals surface area contributed by atoms with Crippen LogP contribution in [0.15, 0.2) is 58.7 Å². The molecule has 0 unspecified atom stereocenters. The number of benzene rings is 2. The molecule has 0 atom stereocenters. The van der Waals surface area contributed by atoms with Crippen molar-refractivity contribution in [3.8, 4) is 6.07 Å². The summed E-state index contributed by atoms with van der Waals surface area (Å²) in [5.41, 5.74) is -0.382. The number of halogens is 5. The lowest BCUT2D eigenvalue weighted by atomic mass is 10.1. The van der Waals surface area contributed by atoms with E-state index >= 15 is 0 Å². The van der Waals surface area contributed by atoms with Crippen molar-refractivity contribution in [1.29, 1.82) is 5.26 Å². The summed E-state index contributed by atoms with van der Waals surface area (Å²) in [6, 6.07) is 12.4. The summed E-state index contributed by atoms with van der Waals surface area (Å²) in [6.07, 6.45) is -2.76. The number of alkyl halides is 3. The number of carbonyl (C=O) groups is 1. The highest BCUT2D eigenvalue weighted by atomic mass is 79.9. The van der Waals surface area contributed by atoms with Crippen LogP contribution in [0.2, 0.25) is 5.02 Å². The van der Waals surface area contributed by atoms with Gasteiger partial charge in [-0.3, -0.25) is 4.79 Å². The SMILES string of the molecule is N#C/C(=C/NCCc1ccc(Br)cc1)C(=O)Nc1ccc(Cl)c(C(F)(F)F)c1. The number of hydrogen-bond donors (Lipinski definition) is 2. The Labute approximate surface area is 173 Å². The molecule has 0 fully saturated rings. The fourth-order valence-corrected chi connectivity index (χ4v) is 2.70. The highest BCUT2D eigenvalue weighted by Crippen LogP contribution is 2.36. The lowest BCUT2D eigenvalue weighted by Crippen LogP contribution is -2.18. The monoisotopic (exact) mass is 471 g/mol. The van der Waals surface area contributed by atoms with Gasteiger partial charge in [0.2, 0.25) is 0 Å². The number of amides is 1. The minimum atomic E-state index is -4.65. The first-order chi connectivity index (χ1) is 13.2. The van der Waals surface area contributed by atoms with E-state index in [1.54, 1.807) is 6.07 Å². The zero-order valence-electron chi connectivity index (χ0n) is 14.3. The maximum atomic E-state index is 12.9. The summed E-state index contributed by atoms with van der Waals surface area (Å²) in [7, 11) is 0. The molecule has 9 heteroatoms. The van der Waals surface area contributed by atoms with Crippen LogP contribution in [0.3, 0.4) is 0 Å². The third-order valence-electron chi connectivity index (χ3n) is 3.61. The van der Waals surface area contributed by atoms with Gasteiger partial charge in [0.15, 0.2) is 0 Å². The summed E-state index contributed by atoms with van der Waals surface area (Å²) in [5, 5.41) is 13.8. The normalized spacial score (nSPS) is 11.6. The second-order valence-electron chi connectivity index (χ2n) is 5.65. The van der Waals surface area contributed by atoms with Crippen molar-refractivity contribution >= 4 is 39.1 Å². The Morgan fingerprint density at radius 1 is 1.21 bits per heavy atom. The fraction of sp³-hybridized carbons (Fsp3) is 0.158. The van der Waals surface area contributed by atoms with Crippen molar-refractivity contribution in [2.45, 2.75) is 12.6 Å². The van der Waals surface area contributed by atoms with E-state index in [2.05, 4.69) is 26.6 Å². The third kappa shape index (κ3) is 6.29. The summed E-state index contributed by atoms with van der Waals surface area (Å²) in [6.45, 7) is 0.471. The van der Waals surface area contributed by atoms with Gasteiger partial charge in [0.25, 0.3) is 5.91 Å². The molecule has 2 aromatic carbocycles. The number of nitrogens with one attached hydrogen (secondary N) is 2. The Bertz CT molecular complexity index is 922. The van der Waals surface area contributed by atoms with Crippen molar-refractivity contribution in [1.82, 2.24) is 5.32 Å². The van der Waals surface area contributed by atoms with Gasteiger partial charge in [0.05, 0.1) is 10.6 Å². The molecule has 4 nitrogen and oxygen atoms in total. The van der Waals surface area contributed by atoms with Crippen LogP contribution in [0, 0.1) is 11.3 Å². The van der Waals surface area contributed by atoms with Crippen LogP contribution in [0.4, 0.5) is 18.9 Å². The lowest BCUT2D eigenvalue weighted by molar-refractivity contribution is -0.137. The molecule has 1 amide bonds. The van der Waals surface area contributed by atoms with Gasteiger partial charge in [-0.05, 0) is 42.3 Å². The zero-order chi connectivity index (χ0) is 20.7. The Hall–Kier alpha value is -2.50. The van der Waals surface area contributed by atoms with E-state index in [9.17, 15) is 18.0 Å². The molecule has 0 aliphatic heterocycles. The third-order valence-corrected chi connectivity index (χ3v) is 4.47. The quantitative estimate of drug-likeness (QED) is 0.341. The molecule has 28 heavy (non-hydrogen) atoms. The molecular formula is C19H14BrClF3N3O. The average Bonchev–Trinajstić information content (AvgIpc) is 2.64. The van der Waals surface area contributed by atoms with E-state index in [0.29, 0.717) is 13.0 Å². The number of nitrogens with zero attached hydrogens (tertiary/aromatic N) is 1. The Morgan fingerprint density at radius 3 is 2.50 bits per heavy atom. The van der Waals surface area contributed by atoms with Gasteiger partial charge in [0.1, 0.15) is 11.6 Å². The van der Waals surface area contributed by atoms with Crippen molar-refractivity contribution in [2.24, 2.45) is 0 Å². The number of carbonyl (C=O) groups excluding carboxylic acids is 1. The molecule has 0 aromatic heterocycles. The molecule has 0 radical (unpaired) electrons. The van der Waals surface area contributed by atoms with Gasteiger partial charge in [-0.1, -0.05) is 39.7 Å². The van der Waals surface area contributed by atoms with Crippen molar-refractivity contribution < 1.29 is 18.0 Å². The van der Waals surface area contributed by atoms with Crippen LogP contribution in [-0.4, -0.2) is 12.5 Å². The second-order valence-corrected chi connectivity index (χ2v) is 6.97. The standard InChI is InChI=1S/C19H14BrClF3N3O/c20-14-3-1-12(2-4-14)7-8-26-11-13(10-25)18(28)27-15-5-6-17(21)16(9-15)19(22,23)24/h1-6,9,11,26H,7-8H2,(H,27,28)/b13-11-. The van der Waals surface area contributed by atoms with Gasteiger partial charge in [-0.25, -0.2) is 0 Å². The highest BCUT2D eigenvalue weighted by molar-refractivity contribution is 9.10.